The molecule has 0 bridgehead atoms. The first-order chi connectivity index (χ1) is 9.79. The first-order valence-corrected chi connectivity index (χ1v) is 6.77. The molecule has 21 heavy (non-hydrogen) atoms. The summed E-state index contributed by atoms with van der Waals surface area (Å²) in [6.07, 6.45) is 0. The van der Waals surface area contributed by atoms with Crippen LogP contribution in [-0.4, -0.2) is 11.7 Å². The van der Waals surface area contributed by atoms with Crippen LogP contribution in [0.1, 0.15) is 37.0 Å². The lowest BCUT2D eigenvalue weighted by Crippen LogP contribution is -2.36. The van der Waals surface area contributed by atoms with Crippen molar-refractivity contribution in [3.05, 3.63) is 59.1 Å². The third-order valence-corrected chi connectivity index (χ3v) is 3.45. The van der Waals surface area contributed by atoms with E-state index in [9.17, 15) is 13.9 Å². The Hall–Kier alpha value is -1.72. The number of aryl methyl sites for hydroxylation is 1. The van der Waals surface area contributed by atoms with Gasteiger partial charge in [0, 0.05) is 24.2 Å². The van der Waals surface area contributed by atoms with Gasteiger partial charge in [-0.1, -0.05) is 6.07 Å². The lowest BCUT2D eigenvalue weighted by atomic mass is 10.0. The minimum absolute atomic E-state index is 0.179. The molecular formula is C16H19F2NO2. The van der Waals surface area contributed by atoms with Crippen molar-refractivity contribution in [3.63, 3.8) is 0 Å². The molecule has 2 atom stereocenters. The highest BCUT2D eigenvalue weighted by molar-refractivity contribution is 5.22. The van der Waals surface area contributed by atoms with Gasteiger partial charge in [-0.2, -0.15) is 0 Å². The molecule has 5 heteroatoms. The molecule has 0 aliphatic heterocycles. The smallest absolute Gasteiger partial charge is 0.136 e. The van der Waals surface area contributed by atoms with Crippen LogP contribution >= 0.6 is 0 Å². The molecule has 3 nitrogen and oxygen atoms in total. The second-order valence-corrected chi connectivity index (χ2v) is 5.45. The van der Waals surface area contributed by atoms with Crippen molar-refractivity contribution in [3.8, 4) is 0 Å². The van der Waals surface area contributed by atoms with Crippen molar-refractivity contribution < 1.29 is 18.3 Å². The number of benzene rings is 1. The van der Waals surface area contributed by atoms with E-state index < -0.39 is 17.2 Å². The molecule has 0 saturated carbocycles. The Labute approximate surface area is 122 Å². The third-order valence-electron chi connectivity index (χ3n) is 3.45. The van der Waals surface area contributed by atoms with E-state index in [0.717, 1.165) is 6.07 Å². The summed E-state index contributed by atoms with van der Waals surface area (Å²) < 4.78 is 32.0. The minimum Gasteiger partial charge on any atom is -0.463 e. The molecule has 0 radical (unpaired) electrons. The molecule has 2 aromatic rings. The topological polar surface area (TPSA) is 45.4 Å². The highest BCUT2D eigenvalue weighted by Crippen LogP contribution is 2.24. The second-order valence-electron chi connectivity index (χ2n) is 5.45. The Morgan fingerprint density at radius 1 is 1.29 bits per heavy atom. The van der Waals surface area contributed by atoms with Crippen molar-refractivity contribution in [2.75, 3.05) is 6.54 Å². The zero-order valence-corrected chi connectivity index (χ0v) is 12.3. The van der Waals surface area contributed by atoms with Gasteiger partial charge in [-0.05, 0) is 39.0 Å². The largest absolute Gasteiger partial charge is 0.463 e. The summed E-state index contributed by atoms with van der Waals surface area (Å²) in [5.41, 5.74) is -0.859. The first kappa shape index (κ1) is 15.7. The van der Waals surface area contributed by atoms with E-state index in [2.05, 4.69) is 5.32 Å². The fourth-order valence-corrected chi connectivity index (χ4v) is 2.13. The predicted octanol–water partition coefficient (Wildman–Crippen LogP) is 3.42. The summed E-state index contributed by atoms with van der Waals surface area (Å²) in [7, 11) is 0. The van der Waals surface area contributed by atoms with Crippen LogP contribution in [0.5, 0.6) is 0 Å². The normalized spacial score (nSPS) is 15.7. The molecule has 0 fully saturated rings. The molecule has 2 N–H and O–H groups in total. The van der Waals surface area contributed by atoms with Crippen molar-refractivity contribution in [1.29, 1.82) is 0 Å². The number of rotatable bonds is 5. The molecule has 114 valence electrons. The van der Waals surface area contributed by atoms with Gasteiger partial charge in [0.2, 0.25) is 0 Å². The van der Waals surface area contributed by atoms with Crippen LogP contribution in [0.4, 0.5) is 8.78 Å². The average Bonchev–Trinajstić information content (AvgIpc) is 2.84. The van der Waals surface area contributed by atoms with Crippen molar-refractivity contribution in [1.82, 2.24) is 5.32 Å². The Bertz CT molecular complexity index is 622. The minimum atomic E-state index is -1.21. The fourth-order valence-electron chi connectivity index (χ4n) is 2.13. The molecule has 1 aromatic carbocycles. The van der Waals surface area contributed by atoms with Crippen LogP contribution in [-0.2, 0) is 5.60 Å². The van der Waals surface area contributed by atoms with E-state index in [1.165, 1.54) is 12.1 Å². The highest BCUT2D eigenvalue weighted by atomic mass is 19.1. The van der Waals surface area contributed by atoms with E-state index in [1.54, 1.807) is 32.9 Å². The molecule has 2 unspecified atom stereocenters. The van der Waals surface area contributed by atoms with Crippen LogP contribution in [0, 0.1) is 18.6 Å². The monoisotopic (exact) mass is 295 g/mol. The number of hydrogen-bond donors (Lipinski definition) is 2. The van der Waals surface area contributed by atoms with Crippen LogP contribution in [0.2, 0.25) is 0 Å². The quantitative estimate of drug-likeness (QED) is 0.888. The summed E-state index contributed by atoms with van der Waals surface area (Å²) in [5, 5.41) is 13.4. The Morgan fingerprint density at radius 2 is 2.00 bits per heavy atom. The SMILES string of the molecule is Cc1ccc(C(C)(O)CNC(C)c2ccc(F)cc2F)o1. The summed E-state index contributed by atoms with van der Waals surface area (Å²) in [6, 6.07) is 6.57. The summed E-state index contributed by atoms with van der Waals surface area (Å²) >= 11 is 0. The van der Waals surface area contributed by atoms with E-state index in [4.69, 9.17) is 4.42 Å². The van der Waals surface area contributed by atoms with Crippen LogP contribution in [0.25, 0.3) is 0 Å². The lowest BCUT2D eigenvalue weighted by Gasteiger charge is -2.24. The Balaban J connectivity index is 2.05. The van der Waals surface area contributed by atoms with Crippen LogP contribution < -0.4 is 5.32 Å². The number of aliphatic hydroxyl groups is 1. The molecule has 2 rings (SSSR count). The second kappa shape index (κ2) is 5.95. The van der Waals surface area contributed by atoms with Gasteiger partial charge in [-0.3, -0.25) is 0 Å². The maximum atomic E-state index is 13.7. The van der Waals surface area contributed by atoms with Gasteiger partial charge < -0.3 is 14.8 Å². The van der Waals surface area contributed by atoms with E-state index in [1.807, 2.05) is 0 Å². The first-order valence-electron chi connectivity index (χ1n) is 6.77. The summed E-state index contributed by atoms with van der Waals surface area (Å²) in [4.78, 5) is 0. The van der Waals surface area contributed by atoms with Crippen molar-refractivity contribution in [2.45, 2.75) is 32.4 Å². The average molecular weight is 295 g/mol. The number of hydrogen-bond acceptors (Lipinski definition) is 3. The molecular weight excluding hydrogens is 276 g/mol. The molecule has 0 spiro atoms. The van der Waals surface area contributed by atoms with Gasteiger partial charge in [0.15, 0.2) is 0 Å². The lowest BCUT2D eigenvalue weighted by molar-refractivity contribution is 0.0312. The molecule has 0 saturated heterocycles. The zero-order valence-electron chi connectivity index (χ0n) is 12.3. The van der Waals surface area contributed by atoms with Crippen LogP contribution in [0.15, 0.2) is 34.7 Å². The molecule has 0 aliphatic rings. The van der Waals surface area contributed by atoms with Gasteiger partial charge >= 0.3 is 0 Å². The third kappa shape index (κ3) is 3.68. The van der Waals surface area contributed by atoms with Crippen molar-refractivity contribution >= 4 is 0 Å². The molecule has 1 heterocycles. The number of nitrogens with one attached hydrogen (secondary N) is 1. The van der Waals surface area contributed by atoms with Gasteiger partial charge in [-0.15, -0.1) is 0 Å². The van der Waals surface area contributed by atoms with Gasteiger partial charge in [-0.25, -0.2) is 8.78 Å². The zero-order chi connectivity index (χ0) is 15.6. The Morgan fingerprint density at radius 3 is 2.57 bits per heavy atom. The predicted molar refractivity (Wildman–Crippen MR) is 75.8 cm³/mol. The van der Waals surface area contributed by atoms with Crippen molar-refractivity contribution in [2.24, 2.45) is 0 Å². The summed E-state index contributed by atoms with van der Waals surface area (Å²) in [6.45, 7) is 5.34. The maximum absolute atomic E-state index is 13.7. The van der Waals surface area contributed by atoms with Gasteiger partial charge in [0.25, 0.3) is 0 Å². The van der Waals surface area contributed by atoms with Gasteiger partial charge in [0.1, 0.15) is 28.8 Å². The highest BCUT2D eigenvalue weighted by Gasteiger charge is 2.27. The molecule has 0 amide bonds. The van der Waals surface area contributed by atoms with E-state index >= 15 is 0 Å². The van der Waals surface area contributed by atoms with E-state index in [0.29, 0.717) is 17.1 Å². The van der Waals surface area contributed by atoms with Gasteiger partial charge in [0.05, 0.1) is 0 Å². The molecule has 1 aromatic heterocycles. The fraction of sp³-hybridized carbons (Fsp3) is 0.375. The van der Waals surface area contributed by atoms with Crippen LogP contribution in [0.3, 0.4) is 0 Å². The Kier molecular flexibility index (Phi) is 4.44. The number of halogens is 2. The number of furan rings is 1. The molecule has 0 aliphatic carbocycles. The maximum Gasteiger partial charge on any atom is 0.136 e. The van der Waals surface area contributed by atoms with E-state index in [-0.39, 0.29) is 12.6 Å². The standard InChI is InChI=1S/C16H19F2NO2/c1-10-4-7-15(21-10)16(3,20)9-19-11(2)13-6-5-12(17)8-14(13)18/h4-8,11,19-20H,9H2,1-3H3. The summed E-state index contributed by atoms with van der Waals surface area (Å²) in [5.74, 6) is -0.0628.